The van der Waals surface area contributed by atoms with E-state index in [0.29, 0.717) is 50.6 Å². The van der Waals surface area contributed by atoms with Crippen LogP contribution in [0.2, 0.25) is 5.15 Å². The van der Waals surface area contributed by atoms with Crippen LogP contribution in [-0.2, 0) is 29.3 Å². The Morgan fingerprint density at radius 2 is 1.08 bits per heavy atom. The first-order valence-corrected chi connectivity index (χ1v) is 33.7. The lowest BCUT2D eigenvalue weighted by Crippen LogP contribution is -2.64. The van der Waals surface area contributed by atoms with Crippen molar-refractivity contribution in [3.8, 4) is 22.5 Å². The summed E-state index contributed by atoms with van der Waals surface area (Å²) in [6.07, 6.45) is 18.4. The first kappa shape index (κ1) is 64.4. The van der Waals surface area contributed by atoms with Gasteiger partial charge < -0.3 is 41.5 Å². The summed E-state index contributed by atoms with van der Waals surface area (Å²) in [5.41, 5.74) is 11.8. The number of likely N-dealkylation sites (tertiary alicyclic amines) is 4. The molecule has 0 aliphatic carbocycles. The summed E-state index contributed by atoms with van der Waals surface area (Å²) in [6, 6.07) is 11.6. The van der Waals surface area contributed by atoms with Crippen molar-refractivity contribution in [2.24, 2.45) is 16.6 Å². The Hall–Kier alpha value is -7.59. The smallest absolute Gasteiger partial charge is 0.242 e. The van der Waals surface area contributed by atoms with Gasteiger partial charge in [-0.25, -0.2) is 55.5 Å². The number of benzene rings is 2. The van der Waals surface area contributed by atoms with E-state index in [1.165, 1.54) is 75.2 Å². The van der Waals surface area contributed by atoms with E-state index in [-0.39, 0.29) is 47.2 Å². The molecule has 0 radical (unpaired) electrons. The molecule has 12 rings (SSSR count). The lowest BCUT2D eigenvalue weighted by atomic mass is 9.71. The van der Waals surface area contributed by atoms with Crippen LogP contribution in [0.1, 0.15) is 63.5 Å². The fourth-order valence-electron chi connectivity index (χ4n) is 12.5. The third-order valence-electron chi connectivity index (χ3n) is 17.6. The maximum absolute atomic E-state index is 15.0. The summed E-state index contributed by atoms with van der Waals surface area (Å²) in [4.78, 5) is 65.7. The second-order valence-electron chi connectivity index (χ2n) is 24.1. The van der Waals surface area contributed by atoms with Crippen LogP contribution < -0.4 is 21.7 Å². The Kier molecular flexibility index (Phi) is 18.9. The molecule has 4 fully saturated rings. The van der Waals surface area contributed by atoms with Crippen molar-refractivity contribution in [3.63, 3.8) is 0 Å². The number of piperidine rings is 2. The Balaban J connectivity index is 0.000000165. The number of anilines is 5. The van der Waals surface area contributed by atoms with Crippen LogP contribution in [0.25, 0.3) is 44.3 Å². The number of carbonyl (C=O) groups is 2. The summed E-state index contributed by atoms with van der Waals surface area (Å²) in [7, 11) is -3.11. The van der Waals surface area contributed by atoms with E-state index in [0.717, 1.165) is 91.2 Å². The Morgan fingerprint density at radius 3 is 1.52 bits per heavy atom. The first-order valence-electron chi connectivity index (χ1n) is 29.5. The molecule has 89 heavy (non-hydrogen) atoms. The second-order valence-corrected chi connectivity index (χ2v) is 28.5. The molecule has 10 heterocycles. The largest absolute Gasteiger partial charge is 0.368 e. The van der Waals surface area contributed by atoms with Crippen molar-refractivity contribution in [1.29, 1.82) is 0 Å². The molecule has 472 valence electrons. The average molecular weight is 1280 g/mol. The van der Waals surface area contributed by atoms with Gasteiger partial charge >= 0.3 is 0 Å². The van der Waals surface area contributed by atoms with Gasteiger partial charge in [0.15, 0.2) is 42.3 Å². The topological polar surface area (TPSA) is 286 Å². The maximum atomic E-state index is 15.0. The molecular weight excluding hydrogens is 1200 g/mol. The van der Waals surface area contributed by atoms with Gasteiger partial charge in [-0.1, -0.05) is 37.6 Å². The number of H-pyrrole nitrogens is 2. The second kappa shape index (κ2) is 26.1. The minimum absolute atomic E-state index is 0.0334. The molecule has 2 amide bonds. The van der Waals surface area contributed by atoms with Crippen LogP contribution in [0, 0.1) is 36.3 Å². The predicted octanol–water partition coefficient (Wildman–Crippen LogP) is 8.91. The number of rotatable bonds is 15. The van der Waals surface area contributed by atoms with Crippen molar-refractivity contribution >= 4 is 94.0 Å². The Labute approximate surface area is 521 Å². The number of carbonyl (C=O) groups excluding carboxylic acids is 2. The van der Waals surface area contributed by atoms with Crippen LogP contribution >= 0.6 is 11.6 Å². The van der Waals surface area contributed by atoms with Gasteiger partial charge in [0, 0.05) is 97.8 Å². The molecular formula is C62H75ClF2N16O6S2. The summed E-state index contributed by atoms with van der Waals surface area (Å²) in [5, 5.41) is 10.6. The number of pyridine rings is 2. The lowest BCUT2D eigenvalue weighted by Gasteiger charge is -2.55. The SMILES string of the molecule is CCC(C(=O)Nc1nccc2c(-c3nc(Nc4cccc(S(C)(=O)=O)c4F)ncc3C)c[nH]c12)N1CC2(CCN(C)CC2)C1.CCC(C(N)=O)N1CC2(CCN(C)CC2)C1.Cc1cnc(Nc2cccc(S(C)(=O)=O)c2F)nc1-c1c[nH]c2c(Cl)nccc12. The third-order valence-corrected chi connectivity index (χ3v) is 20.1. The molecule has 8 aromatic rings. The standard InChI is InChI=1S/C31H37FN8O3S.C19H15ClFN5O2S.C12H23N3O/c1-5-23(40-17-31(18-40)10-13-39(3)14-11-31)29(41)38-28-27-20(9-12-33-28)21(16-34-27)26-19(2)15-35-30(37-26)36-22-7-6-8-24(25(22)32)44(4,42)43;1-10-8-24-19(25-13-4-3-5-14(15(13)21)29(2,27)28)26-16(10)12-9-23-17-11(12)6-7-22-18(17)20;1-3-10(11(13)16)15-8-12(9-15)4-6-14(2)7-5-12/h6-9,12,15-16,23,34H,5,10-11,13-14,17-18H2,1-4H3,(H,33,38,41)(H,35,36,37);3-9,23H,1-2H3,(H,24,25,26);10H,3-9H2,1-2H3,(H2,13,16). The summed E-state index contributed by atoms with van der Waals surface area (Å²) in [5.74, 6) is -1.34. The Bertz CT molecular complexity index is 4180. The summed E-state index contributed by atoms with van der Waals surface area (Å²) in [6.45, 7) is 16.4. The molecule has 2 aromatic carbocycles. The molecule has 4 saturated heterocycles. The van der Waals surface area contributed by atoms with Gasteiger partial charge in [-0.2, -0.15) is 0 Å². The summed E-state index contributed by atoms with van der Waals surface area (Å²) < 4.78 is 77.1. The van der Waals surface area contributed by atoms with Gasteiger partial charge in [-0.05, 0) is 151 Å². The molecule has 2 spiro atoms. The van der Waals surface area contributed by atoms with Gasteiger partial charge in [-0.15, -0.1) is 0 Å². The van der Waals surface area contributed by atoms with E-state index in [1.54, 1.807) is 37.2 Å². The highest BCUT2D eigenvalue weighted by atomic mass is 35.5. The maximum Gasteiger partial charge on any atom is 0.242 e. The minimum Gasteiger partial charge on any atom is -0.368 e. The minimum atomic E-state index is -3.75. The first-order chi connectivity index (χ1) is 42.3. The lowest BCUT2D eigenvalue weighted by molar-refractivity contribution is -0.132. The molecule has 6 aromatic heterocycles. The highest BCUT2D eigenvalue weighted by Crippen LogP contribution is 2.43. The number of fused-ring (bicyclic) bond motifs is 2. The van der Waals surface area contributed by atoms with Crippen LogP contribution in [0.4, 0.5) is 37.9 Å². The van der Waals surface area contributed by atoms with E-state index in [2.05, 4.69) is 89.5 Å². The number of nitrogens with one attached hydrogen (secondary N) is 5. The normalized spacial score (nSPS) is 17.6. The van der Waals surface area contributed by atoms with E-state index in [1.807, 2.05) is 39.8 Å². The fraction of sp³-hybridized carbons (Fsp3) is 0.419. The van der Waals surface area contributed by atoms with Crippen molar-refractivity contribution in [2.75, 3.05) is 94.9 Å². The molecule has 4 aliphatic rings. The van der Waals surface area contributed by atoms with Crippen molar-refractivity contribution in [3.05, 3.63) is 114 Å². The number of aryl methyl sites for hydroxylation is 2. The molecule has 4 aliphatic heterocycles. The zero-order valence-electron chi connectivity index (χ0n) is 51.1. The van der Waals surface area contributed by atoms with Crippen LogP contribution in [0.15, 0.2) is 95.5 Å². The van der Waals surface area contributed by atoms with E-state index in [4.69, 9.17) is 17.3 Å². The number of hydrogen-bond acceptors (Lipinski definition) is 18. The van der Waals surface area contributed by atoms with Crippen molar-refractivity contribution in [1.82, 2.24) is 59.5 Å². The molecule has 22 nitrogen and oxygen atoms in total. The summed E-state index contributed by atoms with van der Waals surface area (Å²) >= 11 is 6.13. The third kappa shape index (κ3) is 13.9. The number of aromatic nitrogens is 8. The number of sulfone groups is 2. The number of amides is 2. The number of nitrogens with two attached hydrogens (primary N) is 1. The number of halogens is 3. The van der Waals surface area contributed by atoms with Gasteiger partial charge in [0.25, 0.3) is 0 Å². The van der Waals surface area contributed by atoms with Crippen LogP contribution in [0.5, 0.6) is 0 Å². The molecule has 7 N–H and O–H groups in total. The highest BCUT2D eigenvalue weighted by molar-refractivity contribution is 7.91. The molecule has 2 atom stereocenters. The predicted molar refractivity (Wildman–Crippen MR) is 342 cm³/mol. The number of nitrogens with zero attached hydrogens (tertiary/aromatic N) is 10. The molecule has 0 bridgehead atoms. The monoisotopic (exact) mass is 1280 g/mol. The van der Waals surface area contributed by atoms with Gasteiger partial charge in [0.1, 0.15) is 9.79 Å². The van der Waals surface area contributed by atoms with E-state index >= 15 is 0 Å². The number of hydrogen-bond donors (Lipinski definition) is 6. The average Bonchev–Trinajstić information content (AvgIpc) is 1.93. The molecule has 2 unspecified atom stereocenters. The van der Waals surface area contributed by atoms with Gasteiger partial charge in [-0.3, -0.25) is 19.4 Å². The Morgan fingerprint density at radius 1 is 0.652 bits per heavy atom. The van der Waals surface area contributed by atoms with Crippen LogP contribution in [-0.4, -0.2) is 179 Å². The fourth-order valence-corrected chi connectivity index (χ4v) is 14.2. The van der Waals surface area contributed by atoms with E-state index in [9.17, 15) is 35.2 Å². The molecule has 0 saturated carbocycles. The van der Waals surface area contributed by atoms with Gasteiger partial charge in [0.05, 0.1) is 45.9 Å². The highest BCUT2D eigenvalue weighted by Gasteiger charge is 2.48. The number of aromatic amines is 2. The quantitative estimate of drug-likeness (QED) is 0.0522. The number of primary amides is 1. The van der Waals surface area contributed by atoms with E-state index < -0.39 is 41.1 Å². The van der Waals surface area contributed by atoms with Crippen molar-refractivity contribution in [2.45, 2.75) is 88.1 Å². The van der Waals surface area contributed by atoms with Gasteiger partial charge in [0.2, 0.25) is 23.7 Å². The zero-order valence-corrected chi connectivity index (χ0v) is 53.5. The zero-order chi connectivity index (χ0) is 63.7. The van der Waals surface area contributed by atoms with Crippen LogP contribution in [0.3, 0.4) is 0 Å². The molecule has 27 heteroatoms. The van der Waals surface area contributed by atoms with Crippen molar-refractivity contribution < 1.29 is 35.2 Å².